The highest BCUT2D eigenvalue weighted by Crippen LogP contribution is 2.39. The van der Waals surface area contributed by atoms with Gasteiger partial charge in [0.25, 0.3) is 5.56 Å². The Morgan fingerprint density at radius 2 is 2.11 bits per heavy atom. The van der Waals surface area contributed by atoms with Crippen molar-refractivity contribution >= 4 is 23.5 Å². The summed E-state index contributed by atoms with van der Waals surface area (Å²) in [5, 5.41) is -0.0105. The van der Waals surface area contributed by atoms with Crippen LogP contribution in [0.1, 0.15) is 46.6 Å². The van der Waals surface area contributed by atoms with Crippen LogP contribution in [0.15, 0.2) is 23.3 Å². The van der Waals surface area contributed by atoms with E-state index in [1.807, 2.05) is 27.7 Å². The highest BCUT2D eigenvalue weighted by Gasteiger charge is 2.53. The molecule has 2 atom stereocenters. The van der Waals surface area contributed by atoms with Gasteiger partial charge in [-0.3, -0.25) is 9.36 Å². The lowest BCUT2D eigenvalue weighted by atomic mass is 9.78. The third kappa shape index (κ3) is 2.90. The topological polar surface area (TPSA) is 62.6 Å². The fourth-order valence-corrected chi connectivity index (χ4v) is 3.81. The van der Waals surface area contributed by atoms with Crippen LogP contribution in [0.25, 0.3) is 10.9 Å². The lowest BCUT2D eigenvalue weighted by molar-refractivity contribution is -0.0118. The molecule has 2 aliphatic heterocycles. The summed E-state index contributed by atoms with van der Waals surface area (Å²) in [6.45, 7) is 9.00. The second kappa shape index (κ2) is 6.39. The quantitative estimate of drug-likeness (QED) is 0.771. The van der Waals surface area contributed by atoms with E-state index in [-0.39, 0.29) is 17.0 Å². The molecule has 2 saturated heterocycles. The summed E-state index contributed by atoms with van der Waals surface area (Å²) in [6, 6.07) is 2.90. The predicted octanol–water partition coefficient (Wildman–Crippen LogP) is 2.19. The van der Waals surface area contributed by atoms with Crippen molar-refractivity contribution in [2.75, 3.05) is 13.2 Å². The molecule has 1 aromatic carbocycles. The minimum atomic E-state index is -0.698. The van der Waals surface area contributed by atoms with E-state index in [1.54, 1.807) is 6.07 Å². The number of ether oxygens (including phenoxy) is 1. The summed E-state index contributed by atoms with van der Waals surface area (Å²) >= 11 is 0. The third-order valence-corrected chi connectivity index (χ3v) is 6.15. The average molecular weight is 374 g/mol. The number of nitrogens with zero attached hydrogens (tertiary/aromatic N) is 2. The molecule has 0 spiro atoms. The molecular formula is C19H24BFN2O4. The Balaban J connectivity index is 1.75. The van der Waals surface area contributed by atoms with Gasteiger partial charge in [-0.2, -0.15) is 0 Å². The molecule has 0 radical (unpaired) electrons. The van der Waals surface area contributed by atoms with Crippen LogP contribution in [0.5, 0.6) is 0 Å². The molecule has 27 heavy (non-hydrogen) atoms. The van der Waals surface area contributed by atoms with Crippen molar-refractivity contribution in [1.82, 2.24) is 9.55 Å². The third-order valence-electron chi connectivity index (χ3n) is 6.15. The highest BCUT2D eigenvalue weighted by atomic mass is 19.1. The van der Waals surface area contributed by atoms with Crippen LogP contribution in [-0.4, -0.2) is 41.1 Å². The van der Waals surface area contributed by atoms with Crippen LogP contribution in [0.3, 0.4) is 0 Å². The molecule has 0 bridgehead atoms. The standard InChI is InChI=1S/C19H24BFN2O4/c1-5-19(4)18(2,3)26-20(27-19)12-8-14(21)16-15(9-12)22-11-23(17(16)24)13-6-7-25-10-13/h8-9,11,13H,5-7,10H2,1-4H3. The Morgan fingerprint density at radius 1 is 1.33 bits per heavy atom. The summed E-state index contributed by atoms with van der Waals surface area (Å²) in [6.07, 6.45) is 2.96. The number of rotatable bonds is 3. The Kier molecular flexibility index (Phi) is 4.40. The van der Waals surface area contributed by atoms with E-state index in [0.29, 0.717) is 24.2 Å². The second-order valence-corrected chi connectivity index (χ2v) is 8.03. The number of fused-ring (bicyclic) bond motifs is 1. The monoisotopic (exact) mass is 374 g/mol. The van der Waals surface area contributed by atoms with Gasteiger partial charge in [0, 0.05) is 6.61 Å². The molecule has 6 nitrogen and oxygen atoms in total. The Morgan fingerprint density at radius 3 is 2.74 bits per heavy atom. The molecule has 2 unspecified atom stereocenters. The minimum Gasteiger partial charge on any atom is -0.399 e. The van der Waals surface area contributed by atoms with Gasteiger partial charge in [0.15, 0.2) is 0 Å². The maximum atomic E-state index is 14.9. The number of benzene rings is 1. The van der Waals surface area contributed by atoms with E-state index in [4.69, 9.17) is 14.0 Å². The molecule has 2 aliphatic rings. The molecule has 8 heteroatoms. The number of hydrogen-bond donors (Lipinski definition) is 0. The van der Waals surface area contributed by atoms with Gasteiger partial charge in [-0.05, 0) is 51.2 Å². The van der Waals surface area contributed by atoms with Gasteiger partial charge in [-0.15, -0.1) is 0 Å². The largest absolute Gasteiger partial charge is 0.495 e. The first-order valence-electron chi connectivity index (χ1n) is 9.39. The summed E-state index contributed by atoms with van der Waals surface area (Å²) in [7, 11) is -0.698. The van der Waals surface area contributed by atoms with Gasteiger partial charge in [0.05, 0.1) is 35.7 Å². The fraction of sp³-hybridized carbons (Fsp3) is 0.579. The second-order valence-electron chi connectivity index (χ2n) is 8.03. The van der Waals surface area contributed by atoms with Gasteiger partial charge in [-0.25, -0.2) is 9.37 Å². The summed E-state index contributed by atoms with van der Waals surface area (Å²) in [4.78, 5) is 17.1. The van der Waals surface area contributed by atoms with Gasteiger partial charge in [0.2, 0.25) is 0 Å². The van der Waals surface area contributed by atoms with E-state index in [9.17, 15) is 9.18 Å². The first-order valence-corrected chi connectivity index (χ1v) is 9.39. The van der Waals surface area contributed by atoms with E-state index < -0.39 is 24.1 Å². The SMILES string of the molecule is CCC1(C)OB(c2cc(F)c3c(=O)n(C4CCOC4)cnc3c2)OC1(C)C. The highest BCUT2D eigenvalue weighted by molar-refractivity contribution is 6.62. The molecular weight excluding hydrogens is 350 g/mol. The van der Waals surface area contributed by atoms with Crippen molar-refractivity contribution in [1.29, 1.82) is 0 Å². The van der Waals surface area contributed by atoms with Crippen LogP contribution < -0.4 is 11.0 Å². The lowest BCUT2D eigenvalue weighted by Crippen LogP contribution is -2.44. The van der Waals surface area contributed by atoms with Crippen LogP contribution in [0.2, 0.25) is 0 Å². The minimum absolute atomic E-state index is 0.0105. The van der Waals surface area contributed by atoms with Crippen molar-refractivity contribution in [3.8, 4) is 0 Å². The summed E-state index contributed by atoms with van der Waals surface area (Å²) in [5.41, 5.74) is -0.551. The van der Waals surface area contributed by atoms with Crippen molar-refractivity contribution < 1.29 is 18.4 Å². The zero-order valence-corrected chi connectivity index (χ0v) is 16.1. The number of aromatic nitrogens is 2. The first-order chi connectivity index (χ1) is 12.8. The van der Waals surface area contributed by atoms with Crippen molar-refractivity contribution in [3.05, 3.63) is 34.6 Å². The summed E-state index contributed by atoms with van der Waals surface area (Å²) < 4.78 is 33.9. The first kappa shape index (κ1) is 18.6. The van der Waals surface area contributed by atoms with E-state index in [2.05, 4.69) is 4.98 Å². The molecule has 4 rings (SSSR count). The maximum absolute atomic E-state index is 14.9. The van der Waals surface area contributed by atoms with Gasteiger partial charge < -0.3 is 14.0 Å². The van der Waals surface area contributed by atoms with Crippen molar-refractivity contribution in [3.63, 3.8) is 0 Å². The number of halogens is 1. The zero-order valence-electron chi connectivity index (χ0n) is 16.1. The number of hydrogen-bond acceptors (Lipinski definition) is 5. The Hall–Kier alpha value is -1.77. The van der Waals surface area contributed by atoms with Gasteiger partial charge >= 0.3 is 7.12 Å². The Labute approximate surface area is 157 Å². The van der Waals surface area contributed by atoms with Crippen LogP contribution in [-0.2, 0) is 14.0 Å². The molecule has 0 saturated carbocycles. The Bertz CT molecular complexity index is 941. The fourth-order valence-electron chi connectivity index (χ4n) is 3.81. The van der Waals surface area contributed by atoms with E-state index >= 15 is 0 Å². The van der Waals surface area contributed by atoms with Gasteiger partial charge in [-0.1, -0.05) is 6.92 Å². The normalized spacial score (nSPS) is 27.6. The van der Waals surface area contributed by atoms with Crippen molar-refractivity contribution in [2.45, 2.75) is 57.8 Å². The van der Waals surface area contributed by atoms with Crippen LogP contribution in [0.4, 0.5) is 4.39 Å². The predicted molar refractivity (Wildman–Crippen MR) is 101 cm³/mol. The van der Waals surface area contributed by atoms with E-state index in [1.165, 1.54) is 17.0 Å². The molecule has 0 aliphatic carbocycles. The molecule has 0 N–H and O–H groups in total. The zero-order chi connectivity index (χ0) is 19.4. The van der Waals surface area contributed by atoms with E-state index in [0.717, 1.165) is 12.8 Å². The smallest absolute Gasteiger partial charge is 0.399 e. The van der Waals surface area contributed by atoms with Gasteiger partial charge in [0.1, 0.15) is 11.2 Å². The lowest BCUT2D eigenvalue weighted by Gasteiger charge is -2.35. The molecule has 2 aromatic rings. The summed E-state index contributed by atoms with van der Waals surface area (Å²) in [5.74, 6) is -0.608. The maximum Gasteiger partial charge on any atom is 0.495 e. The van der Waals surface area contributed by atoms with Crippen molar-refractivity contribution in [2.24, 2.45) is 0 Å². The molecule has 144 valence electrons. The van der Waals surface area contributed by atoms with Crippen LogP contribution >= 0.6 is 0 Å². The van der Waals surface area contributed by atoms with Crippen LogP contribution in [0, 0.1) is 5.82 Å². The molecule has 0 amide bonds. The average Bonchev–Trinajstić information content (AvgIpc) is 3.22. The molecule has 3 heterocycles. The molecule has 2 fully saturated rings. The molecule has 1 aromatic heterocycles.